The van der Waals surface area contributed by atoms with Gasteiger partial charge in [-0.15, -0.1) is 36.2 Å². The Labute approximate surface area is 177 Å². The molecule has 0 saturated carbocycles. The summed E-state index contributed by atoms with van der Waals surface area (Å²) in [5.74, 6) is 0.589. The molecule has 1 unspecified atom stereocenters. The van der Waals surface area contributed by atoms with E-state index in [-0.39, 0.29) is 36.8 Å². The molecule has 3 heterocycles. The third-order valence-electron chi connectivity index (χ3n) is 4.84. The molecule has 0 aromatic carbocycles. The van der Waals surface area contributed by atoms with Crippen LogP contribution >= 0.6 is 36.2 Å². The van der Waals surface area contributed by atoms with Crippen molar-refractivity contribution in [3.05, 3.63) is 40.3 Å². The number of halogens is 2. The molecule has 2 N–H and O–H groups in total. The molecular formula is C18H29Cl2N5OS. The summed E-state index contributed by atoms with van der Waals surface area (Å²) in [7, 11) is 3.67. The van der Waals surface area contributed by atoms with Crippen molar-refractivity contribution in [3.8, 4) is 0 Å². The molecular weight excluding hydrogens is 405 g/mol. The number of thiophene rings is 1. The van der Waals surface area contributed by atoms with Gasteiger partial charge < -0.3 is 10.6 Å². The summed E-state index contributed by atoms with van der Waals surface area (Å²) in [5, 5.41) is 12.5. The largest absolute Gasteiger partial charge is 0.354 e. The van der Waals surface area contributed by atoms with E-state index in [9.17, 15) is 4.79 Å². The van der Waals surface area contributed by atoms with Crippen molar-refractivity contribution < 1.29 is 4.79 Å². The summed E-state index contributed by atoms with van der Waals surface area (Å²) >= 11 is 1.82. The zero-order valence-electron chi connectivity index (χ0n) is 15.8. The number of likely N-dealkylation sites (tertiary alicyclic amines) is 1. The maximum Gasteiger partial charge on any atom is 0.241 e. The first-order valence-electron chi connectivity index (χ1n) is 8.84. The molecule has 1 saturated heterocycles. The number of hydrogen-bond donors (Lipinski definition) is 2. The number of carbonyl (C=O) groups excluding carboxylic acids is 1. The number of rotatable bonds is 7. The molecule has 1 aliphatic rings. The lowest BCUT2D eigenvalue weighted by Crippen LogP contribution is -2.41. The molecule has 0 radical (unpaired) electrons. The number of amides is 1. The first-order valence-corrected chi connectivity index (χ1v) is 9.72. The summed E-state index contributed by atoms with van der Waals surface area (Å²) in [5.41, 5.74) is 0.897. The summed E-state index contributed by atoms with van der Waals surface area (Å²) in [6.07, 6.45) is 5.90. The molecule has 0 aliphatic carbocycles. The lowest BCUT2D eigenvalue weighted by Gasteiger charge is -2.32. The van der Waals surface area contributed by atoms with Crippen LogP contribution in [0.25, 0.3) is 0 Å². The van der Waals surface area contributed by atoms with E-state index >= 15 is 0 Å². The van der Waals surface area contributed by atoms with E-state index in [1.807, 2.05) is 24.6 Å². The molecule has 27 heavy (non-hydrogen) atoms. The highest BCUT2D eigenvalue weighted by Gasteiger charge is 2.23. The van der Waals surface area contributed by atoms with Gasteiger partial charge in [-0.3, -0.25) is 14.4 Å². The molecule has 6 nitrogen and oxygen atoms in total. The number of piperidine rings is 1. The molecule has 1 fully saturated rings. The predicted molar refractivity (Wildman–Crippen MR) is 115 cm³/mol. The Morgan fingerprint density at radius 3 is 2.67 bits per heavy atom. The fourth-order valence-corrected chi connectivity index (χ4v) is 4.10. The Morgan fingerprint density at radius 1 is 1.37 bits per heavy atom. The van der Waals surface area contributed by atoms with E-state index in [1.54, 1.807) is 17.9 Å². The topological polar surface area (TPSA) is 62.2 Å². The second kappa shape index (κ2) is 11.7. The zero-order chi connectivity index (χ0) is 17.6. The van der Waals surface area contributed by atoms with Gasteiger partial charge in [-0.1, -0.05) is 6.07 Å². The molecule has 2 aromatic rings. The maximum atomic E-state index is 12.5. The standard InChI is InChI=1S/C18H27N5OS.2ClH/c1-19-17(15-11-21-22(2)12-15)18(24)20-10-14-5-7-23(8-6-14)13-16-4-3-9-25-16;;/h3-4,9,11-12,14,17,19H,5-8,10,13H2,1-2H3,(H,20,24);2*1H. The smallest absolute Gasteiger partial charge is 0.241 e. The SMILES string of the molecule is CNC(C(=O)NCC1CCN(Cc2cccs2)CC1)c1cnn(C)c1.Cl.Cl. The number of nitrogens with one attached hydrogen (secondary N) is 2. The first-order chi connectivity index (χ1) is 12.2. The molecule has 0 spiro atoms. The third kappa shape index (κ3) is 6.76. The van der Waals surface area contributed by atoms with E-state index in [2.05, 4.69) is 38.1 Å². The van der Waals surface area contributed by atoms with Crippen LogP contribution in [0.2, 0.25) is 0 Å². The second-order valence-corrected chi connectivity index (χ2v) is 7.75. The van der Waals surface area contributed by atoms with Crippen molar-refractivity contribution >= 4 is 42.1 Å². The Bertz CT molecular complexity index is 671. The summed E-state index contributed by atoms with van der Waals surface area (Å²) < 4.78 is 1.72. The Hall–Kier alpha value is -1.12. The summed E-state index contributed by atoms with van der Waals surface area (Å²) in [6, 6.07) is 3.98. The van der Waals surface area contributed by atoms with E-state index in [4.69, 9.17) is 0 Å². The van der Waals surface area contributed by atoms with Gasteiger partial charge in [0, 0.05) is 36.8 Å². The Balaban J connectivity index is 0.00000182. The number of carbonyl (C=O) groups is 1. The number of nitrogens with zero attached hydrogens (tertiary/aromatic N) is 3. The summed E-state index contributed by atoms with van der Waals surface area (Å²) in [6.45, 7) is 4.02. The monoisotopic (exact) mass is 433 g/mol. The van der Waals surface area contributed by atoms with Crippen molar-refractivity contribution in [3.63, 3.8) is 0 Å². The van der Waals surface area contributed by atoms with Crippen molar-refractivity contribution in [2.24, 2.45) is 13.0 Å². The minimum Gasteiger partial charge on any atom is -0.354 e. The van der Waals surface area contributed by atoms with Gasteiger partial charge in [-0.05, 0) is 50.3 Å². The highest BCUT2D eigenvalue weighted by Crippen LogP contribution is 2.20. The van der Waals surface area contributed by atoms with Crippen LogP contribution in [0.3, 0.4) is 0 Å². The number of aryl methyl sites for hydroxylation is 1. The fourth-order valence-electron chi connectivity index (χ4n) is 3.36. The lowest BCUT2D eigenvalue weighted by atomic mass is 9.96. The molecule has 152 valence electrons. The van der Waals surface area contributed by atoms with Crippen LogP contribution in [0.4, 0.5) is 0 Å². The average Bonchev–Trinajstić information content (AvgIpc) is 3.27. The third-order valence-corrected chi connectivity index (χ3v) is 5.70. The molecule has 0 bridgehead atoms. The minimum absolute atomic E-state index is 0. The van der Waals surface area contributed by atoms with Gasteiger partial charge in [0.2, 0.25) is 5.91 Å². The van der Waals surface area contributed by atoms with Crippen LogP contribution in [-0.4, -0.2) is 47.3 Å². The second-order valence-electron chi connectivity index (χ2n) is 6.71. The molecule has 1 atom stereocenters. The van der Waals surface area contributed by atoms with Crippen LogP contribution in [0.5, 0.6) is 0 Å². The average molecular weight is 434 g/mol. The first kappa shape index (κ1) is 23.9. The van der Waals surface area contributed by atoms with E-state index in [1.165, 1.54) is 4.88 Å². The van der Waals surface area contributed by atoms with Gasteiger partial charge in [0.1, 0.15) is 6.04 Å². The zero-order valence-corrected chi connectivity index (χ0v) is 18.2. The van der Waals surface area contributed by atoms with Crippen LogP contribution in [0.15, 0.2) is 29.9 Å². The van der Waals surface area contributed by atoms with Gasteiger partial charge in [0.25, 0.3) is 0 Å². The van der Waals surface area contributed by atoms with Gasteiger partial charge in [-0.25, -0.2) is 0 Å². The number of hydrogen-bond acceptors (Lipinski definition) is 5. The van der Waals surface area contributed by atoms with Crippen LogP contribution in [0, 0.1) is 5.92 Å². The quantitative estimate of drug-likeness (QED) is 0.704. The normalized spacial score (nSPS) is 16.2. The maximum absolute atomic E-state index is 12.5. The van der Waals surface area contributed by atoms with Crippen LogP contribution in [-0.2, 0) is 18.4 Å². The Kier molecular flexibility index (Phi) is 10.3. The molecule has 3 rings (SSSR count). The highest BCUT2D eigenvalue weighted by molar-refractivity contribution is 7.09. The van der Waals surface area contributed by atoms with Gasteiger partial charge in [0.15, 0.2) is 0 Å². The lowest BCUT2D eigenvalue weighted by molar-refractivity contribution is -0.123. The van der Waals surface area contributed by atoms with Crippen molar-refractivity contribution in [2.45, 2.75) is 25.4 Å². The summed E-state index contributed by atoms with van der Waals surface area (Å²) in [4.78, 5) is 16.4. The van der Waals surface area contributed by atoms with Crippen LogP contribution in [0.1, 0.15) is 29.3 Å². The number of likely N-dealkylation sites (N-methyl/N-ethyl adjacent to an activating group) is 1. The van der Waals surface area contributed by atoms with Crippen molar-refractivity contribution in [2.75, 3.05) is 26.7 Å². The van der Waals surface area contributed by atoms with E-state index in [0.717, 1.165) is 44.6 Å². The highest BCUT2D eigenvalue weighted by atomic mass is 35.5. The minimum atomic E-state index is -0.340. The van der Waals surface area contributed by atoms with E-state index in [0.29, 0.717) is 5.92 Å². The molecule has 1 aliphatic heterocycles. The van der Waals surface area contributed by atoms with E-state index < -0.39 is 0 Å². The van der Waals surface area contributed by atoms with Crippen molar-refractivity contribution in [1.82, 2.24) is 25.3 Å². The van der Waals surface area contributed by atoms with Gasteiger partial charge in [-0.2, -0.15) is 5.10 Å². The van der Waals surface area contributed by atoms with Gasteiger partial charge in [0.05, 0.1) is 6.20 Å². The fraction of sp³-hybridized carbons (Fsp3) is 0.556. The van der Waals surface area contributed by atoms with Gasteiger partial charge >= 0.3 is 0 Å². The van der Waals surface area contributed by atoms with Crippen LogP contribution < -0.4 is 10.6 Å². The molecule has 1 amide bonds. The number of aromatic nitrogens is 2. The Morgan fingerprint density at radius 2 is 2.11 bits per heavy atom. The predicted octanol–water partition coefficient (Wildman–Crippen LogP) is 2.61. The molecule has 9 heteroatoms. The molecule has 2 aromatic heterocycles. The van der Waals surface area contributed by atoms with Crippen molar-refractivity contribution in [1.29, 1.82) is 0 Å².